The zero-order valence-corrected chi connectivity index (χ0v) is 11.6. The van der Waals surface area contributed by atoms with Gasteiger partial charge in [0.2, 0.25) is 0 Å². The molecule has 0 radical (unpaired) electrons. The minimum Gasteiger partial charge on any atom is -0.483 e. The molecule has 1 aromatic rings. The number of ketones is 1. The van der Waals surface area contributed by atoms with E-state index in [1.165, 1.54) is 6.92 Å². The highest BCUT2D eigenvalue weighted by atomic mass is 79.9. The number of hydrogen-bond donors (Lipinski definition) is 1. The topological polar surface area (TPSA) is 55.4 Å². The molecule has 18 heavy (non-hydrogen) atoms. The number of Topliss-reactive ketones (excluding diaryl/α,β-unsaturated/α-hetero) is 1. The Bertz CT molecular complexity index is 471. The maximum Gasteiger partial charge on any atom is 0.258 e. The molecule has 0 bridgehead atoms. The summed E-state index contributed by atoms with van der Waals surface area (Å²) in [6.07, 6.45) is 1.58. The zero-order valence-electron chi connectivity index (χ0n) is 10.0. The lowest BCUT2D eigenvalue weighted by atomic mass is 10.1. The molecular formula is C13H14BrNO3. The fourth-order valence-corrected chi connectivity index (χ4v) is 1.64. The third-order valence-electron chi connectivity index (χ3n) is 2.12. The first-order chi connectivity index (χ1) is 8.54. The summed E-state index contributed by atoms with van der Waals surface area (Å²) in [5.74, 6) is 0.0320. The molecule has 0 saturated heterocycles. The summed E-state index contributed by atoms with van der Waals surface area (Å²) in [6, 6.07) is 5.07. The van der Waals surface area contributed by atoms with Crippen molar-refractivity contribution in [1.82, 2.24) is 5.32 Å². The molecule has 0 aliphatic rings. The van der Waals surface area contributed by atoms with Crippen molar-refractivity contribution in [1.29, 1.82) is 0 Å². The molecule has 4 nitrogen and oxygen atoms in total. The van der Waals surface area contributed by atoms with Crippen LogP contribution in [0.5, 0.6) is 5.75 Å². The van der Waals surface area contributed by atoms with E-state index in [4.69, 9.17) is 4.74 Å². The van der Waals surface area contributed by atoms with E-state index in [1.807, 2.05) is 0 Å². The quantitative estimate of drug-likeness (QED) is 0.648. The first kappa shape index (κ1) is 14.4. The Hall–Kier alpha value is -1.62. The Morgan fingerprint density at radius 3 is 2.83 bits per heavy atom. The second kappa shape index (κ2) is 6.96. The van der Waals surface area contributed by atoms with Crippen molar-refractivity contribution in [3.8, 4) is 5.75 Å². The minimum atomic E-state index is -0.257. The van der Waals surface area contributed by atoms with Gasteiger partial charge in [0.25, 0.3) is 5.91 Å². The molecule has 1 amide bonds. The summed E-state index contributed by atoms with van der Waals surface area (Å²) in [5, 5.41) is 2.59. The smallest absolute Gasteiger partial charge is 0.258 e. The van der Waals surface area contributed by atoms with Crippen molar-refractivity contribution >= 4 is 27.6 Å². The maximum absolute atomic E-state index is 11.4. The van der Waals surface area contributed by atoms with Crippen LogP contribution < -0.4 is 10.1 Å². The van der Waals surface area contributed by atoms with Gasteiger partial charge in [-0.3, -0.25) is 9.59 Å². The molecule has 1 aromatic carbocycles. The van der Waals surface area contributed by atoms with Crippen molar-refractivity contribution in [2.45, 2.75) is 6.92 Å². The Morgan fingerprint density at radius 1 is 1.50 bits per heavy atom. The van der Waals surface area contributed by atoms with Crippen molar-refractivity contribution in [3.05, 3.63) is 40.9 Å². The number of amides is 1. The summed E-state index contributed by atoms with van der Waals surface area (Å²) in [6.45, 7) is 5.21. The molecule has 1 N–H and O–H groups in total. The van der Waals surface area contributed by atoms with E-state index in [-0.39, 0.29) is 18.3 Å². The van der Waals surface area contributed by atoms with Gasteiger partial charge in [0.15, 0.2) is 12.4 Å². The van der Waals surface area contributed by atoms with Gasteiger partial charge in [-0.25, -0.2) is 0 Å². The number of carbonyl (C=O) groups excluding carboxylic acids is 2. The number of halogens is 1. The molecule has 0 aromatic heterocycles. The highest BCUT2D eigenvalue weighted by molar-refractivity contribution is 9.10. The lowest BCUT2D eigenvalue weighted by molar-refractivity contribution is -0.122. The molecule has 0 aliphatic heterocycles. The predicted molar refractivity (Wildman–Crippen MR) is 72.8 cm³/mol. The molecule has 96 valence electrons. The van der Waals surface area contributed by atoms with E-state index >= 15 is 0 Å². The second-order valence-electron chi connectivity index (χ2n) is 3.58. The van der Waals surface area contributed by atoms with Crippen molar-refractivity contribution in [3.63, 3.8) is 0 Å². The molecule has 5 heteroatoms. The van der Waals surface area contributed by atoms with E-state index in [0.717, 1.165) is 4.47 Å². The highest BCUT2D eigenvalue weighted by Crippen LogP contribution is 2.23. The lowest BCUT2D eigenvalue weighted by Gasteiger charge is -2.09. The largest absolute Gasteiger partial charge is 0.483 e. The summed E-state index contributed by atoms with van der Waals surface area (Å²) in [4.78, 5) is 22.8. The van der Waals surface area contributed by atoms with Gasteiger partial charge in [0.1, 0.15) is 5.75 Å². The van der Waals surface area contributed by atoms with E-state index in [9.17, 15) is 9.59 Å². The summed E-state index contributed by atoms with van der Waals surface area (Å²) < 4.78 is 6.11. The van der Waals surface area contributed by atoms with Gasteiger partial charge in [-0.15, -0.1) is 6.58 Å². The Labute approximate surface area is 114 Å². The first-order valence-corrected chi connectivity index (χ1v) is 6.14. The molecule has 0 fully saturated rings. The SMILES string of the molecule is C=CCNC(=O)COc1ccc(Br)cc1C(C)=O. The monoisotopic (exact) mass is 311 g/mol. The molecular weight excluding hydrogens is 298 g/mol. The van der Waals surface area contributed by atoms with Crippen LogP contribution in [0.4, 0.5) is 0 Å². The van der Waals surface area contributed by atoms with E-state index < -0.39 is 0 Å². The van der Waals surface area contributed by atoms with Crippen molar-refractivity contribution in [2.24, 2.45) is 0 Å². The summed E-state index contributed by atoms with van der Waals surface area (Å²) >= 11 is 3.28. The standard InChI is InChI=1S/C13H14BrNO3/c1-3-6-15-13(17)8-18-12-5-4-10(14)7-11(12)9(2)16/h3-5,7H,1,6,8H2,2H3,(H,15,17). The van der Waals surface area contributed by atoms with Crippen molar-refractivity contribution < 1.29 is 14.3 Å². The van der Waals surface area contributed by atoms with Crippen LogP contribution in [0, 0.1) is 0 Å². The third kappa shape index (κ3) is 4.33. The Balaban J connectivity index is 2.69. The maximum atomic E-state index is 11.4. The molecule has 0 aliphatic carbocycles. The summed E-state index contributed by atoms with van der Waals surface area (Å²) in [5.41, 5.74) is 0.445. The number of carbonyl (C=O) groups is 2. The van der Waals surface area contributed by atoms with Gasteiger partial charge in [-0.1, -0.05) is 22.0 Å². The van der Waals surface area contributed by atoms with Gasteiger partial charge in [0, 0.05) is 11.0 Å². The van der Waals surface area contributed by atoms with Crippen LogP contribution in [0.1, 0.15) is 17.3 Å². The van der Waals surface area contributed by atoms with Crippen LogP contribution in [-0.4, -0.2) is 24.8 Å². The highest BCUT2D eigenvalue weighted by Gasteiger charge is 2.10. The molecule has 0 atom stereocenters. The van der Waals surface area contributed by atoms with E-state index in [2.05, 4.69) is 27.8 Å². The van der Waals surface area contributed by atoms with Crippen molar-refractivity contribution in [2.75, 3.05) is 13.2 Å². The zero-order chi connectivity index (χ0) is 13.5. The average molecular weight is 312 g/mol. The number of ether oxygens (including phenoxy) is 1. The van der Waals surface area contributed by atoms with Gasteiger partial charge in [0.05, 0.1) is 5.56 Å². The molecule has 1 rings (SSSR count). The van der Waals surface area contributed by atoms with E-state index in [0.29, 0.717) is 17.9 Å². The van der Waals surface area contributed by atoms with Crippen LogP contribution >= 0.6 is 15.9 Å². The fourth-order valence-electron chi connectivity index (χ4n) is 1.28. The molecule has 0 saturated carbocycles. The third-order valence-corrected chi connectivity index (χ3v) is 2.62. The normalized spacial score (nSPS) is 9.67. The Morgan fingerprint density at radius 2 is 2.22 bits per heavy atom. The number of hydrogen-bond acceptors (Lipinski definition) is 3. The van der Waals surface area contributed by atoms with Crippen LogP contribution in [0.3, 0.4) is 0 Å². The average Bonchev–Trinajstić information content (AvgIpc) is 2.34. The molecule has 0 spiro atoms. The first-order valence-electron chi connectivity index (χ1n) is 5.35. The number of benzene rings is 1. The summed E-state index contributed by atoms with van der Waals surface area (Å²) in [7, 11) is 0. The number of nitrogens with one attached hydrogen (secondary N) is 1. The molecule has 0 heterocycles. The van der Waals surface area contributed by atoms with Crippen LogP contribution in [0.15, 0.2) is 35.3 Å². The fraction of sp³-hybridized carbons (Fsp3) is 0.231. The van der Waals surface area contributed by atoms with Gasteiger partial charge in [-0.2, -0.15) is 0 Å². The Kier molecular flexibility index (Phi) is 5.58. The van der Waals surface area contributed by atoms with Crippen LogP contribution in [-0.2, 0) is 4.79 Å². The minimum absolute atomic E-state index is 0.113. The van der Waals surface area contributed by atoms with E-state index in [1.54, 1.807) is 24.3 Å². The number of rotatable bonds is 6. The van der Waals surface area contributed by atoms with Crippen LogP contribution in [0.2, 0.25) is 0 Å². The van der Waals surface area contributed by atoms with Gasteiger partial charge >= 0.3 is 0 Å². The second-order valence-corrected chi connectivity index (χ2v) is 4.49. The lowest BCUT2D eigenvalue weighted by Crippen LogP contribution is -2.29. The van der Waals surface area contributed by atoms with Gasteiger partial charge in [-0.05, 0) is 25.1 Å². The van der Waals surface area contributed by atoms with Gasteiger partial charge < -0.3 is 10.1 Å². The molecule has 0 unspecified atom stereocenters. The predicted octanol–water partition coefficient (Wildman–Crippen LogP) is 2.33. The van der Waals surface area contributed by atoms with Crippen LogP contribution in [0.25, 0.3) is 0 Å².